The SMILES string of the molecule is Cc1ccc(-c2cncc(C(=O)NCCC3CCNC3)c2)cc1.Cl.Cl. The molecule has 1 fully saturated rings. The number of aromatic nitrogens is 1. The molecule has 0 radical (unpaired) electrons. The van der Waals surface area contributed by atoms with Crippen LogP contribution in [0, 0.1) is 12.8 Å². The molecule has 25 heavy (non-hydrogen) atoms. The van der Waals surface area contributed by atoms with Crippen LogP contribution >= 0.6 is 24.8 Å². The Hall–Kier alpha value is -1.62. The molecule has 2 N–H and O–H groups in total. The van der Waals surface area contributed by atoms with Crippen molar-refractivity contribution in [1.82, 2.24) is 15.6 Å². The number of pyridine rings is 1. The van der Waals surface area contributed by atoms with E-state index in [2.05, 4.69) is 46.8 Å². The summed E-state index contributed by atoms with van der Waals surface area (Å²) in [4.78, 5) is 16.5. The van der Waals surface area contributed by atoms with Crippen molar-refractivity contribution < 1.29 is 4.79 Å². The lowest BCUT2D eigenvalue weighted by Gasteiger charge is -2.10. The van der Waals surface area contributed by atoms with E-state index in [9.17, 15) is 4.79 Å². The van der Waals surface area contributed by atoms with Crippen LogP contribution in [0.2, 0.25) is 0 Å². The fraction of sp³-hybridized carbons (Fsp3) is 0.368. The van der Waals surface area contributed by atoms with Crippen molar-refractivity contribution in [1.29, 1.82) is 0 Å². The van der Waals surface area contributed by atoms with Crippen molar-refractivity contribution in [2.45, 2.75) is 19.8 Å². The van der Waals surface area contributed by atoms with E-state index in [-0.39, 0.29) is 30.7 Å². The minimum atomic E-state index is -0.0441. The highest BCUT2D eigenvalue weighted by atomic mass is 35.5. The van der Waals surface area contributed by atoms with Gasteiger partial charge in [-0.15, -0.1) is 24.8 Å². The molecule has 0 aliphatic carbocycles. The Labute approximate surface area is 161 Å². The maximum atomic E-state index is 12.3. The number of hydrogen-bond donors (Lipinski definition) is 2. The molecule has 0 bridgehead atoms. The summed E-state index contributed by atoms with van der Waals surface area (Å²) in [5.74, 6) is 0.643. The minimum absolute atomic E-state index is 0. The number of aryl methyl sites for hydroxylation is 1. The van der Waals surface area contributed by atoms with E-state index in [1.54, 1.807) is 12.4 Å². The van der Waals surface area contributed by atoms with Crippen LogP contribution in [0.3, 0.4) is 0 Å². The largest absolute Gasteiger partial charge is 0.352 e. The van der Waals surface area contributed by atoms with Gasteiger partial charge in [0.2, 0.25) is 0 Å². The van der Waals surface area contributed by atoms with Crippen LogP contribution in [0.1, 0.15) is 28.8 Å². The van der Waals surface area contributed by atoms with Gasteiger partial charge in [-0.1, -0.05) is 29.8 Å². The molecular formula is C19H25Cl2N3O. The Morgan fingerprint density at radius 3 is 2.64 bits per heavy atom. The number of halogens is 2. The molecule has 2 heterocycles. The van der Waals surface area contributed by atoms with Crippen LogP contribution in [0.15, 0.2) is 42.7 Å². The molecule has 0 spiro atoms. The molecule has 2 aromatic rings. The van der Waals surface area contributed by atoms with Crippen LogP contribution in [0.5, 0.6) is 0 Å². The normalized spacial score (nSPS) is 15.8. The zero-order valence-electron chi connectivity index (χ0n) is 14.3. The van der Waals surface area contributed by atoms with Crippen molar-refractivity contribution in [3.63, 3.8) is 0 Å². The van der Waals surface area contributed by atoms with E-state index in [4.69, 9.17) is 0 Å². The van der Waals surface area contributed by atoms with Gasteiger partial charge in [0.15, 0.2) is 0 Å². The smallest absolute Gasteiger partial charge is 0.252 e. The van der Waals surface area contributed by atoms with Gasteiger partial charge in [0.05, 0.1) is 5.56 Å². The van der Waals surface area contributed by atoms with E-state index in [1.165, 1.54) is 12.0 Å². The van der Waals surface area contributed by atoms with Gasteiger partial charge in [0.25, 0.3) is 5.91 Å². The van der Waals surface area contributed by atoms with Gasteiger partial charge in [-0.25, -0.2) is 0 Å². The Morgan fingerprint density at radius 2 is 1.96 bits per heavy atom. The average molecular weight is 382 g/mol. The zero-order valence-corrected chi connectivity index (χ0v) is 16.0. The molecule has 136 valence electrons. The molecule has 1 aromatic carbocycles. The summed E-state index contributed by atoms with van der Waals surface area (Å²) in [5, 5.41) is 6.36. The first-order chi connectivity index (χ1) is 11.2. The predicted molar refractivity (Wildman–Crippen MR) is 107 cm³/mol. The Kier molecular flexibility index (Phi) is 8.90. The third kappa shape index (κ3) is 5.99. The molecule has 1 unspecified atom stereocenters. The third-order valence-electron chi connectivity index (χ3n) is 4.39. The van der Waals surface area contributed by atoms with E-state index < -0.39 is 0 Å². The lowest BCUT2D eigenvalue weighted by atomic mass is 10.0. The van der Waals surface area contributed by atoms with Crippen molar-refractivity contribution in [3.05, 3.63) is 53.9 Å². The second kappa shape index (κ2) is 10.4. The van der Waals surface area contributed by atoms with Crippen molar-refractivity contribution >= 4 is 30.7 Å². The van der Waals surface area contributed by atoms with Crippen LogP contribution in [0.25, 0.3) is 11.1 Å². The van der Waals surface area contributed by atoms with E-state index >= 15 is 0 Å². The van der Waals surface area contributed by atoms with E-state index in [0.717, 1.165) is 37.2 Å². The van der Waals surface area contributed by atoms with Gasteiger partial charge in [0, 0.05) is 24.5 Å². The second-order valence-corrected chi connectivity index (χ2v) is 6.23. The molecule has 1 aliphatic rings. The molecule has 4 nitrogen and oxygen atoms in total. The number of nitrogens with zero attached hydrogens (tertiary/aromatic N) is 1. The van der Waals surface area contributed by atoms with Gasteiger partial charge in [-0.2, -0.15) is 0 Å². The number of benzene rings is 1. The summed E-state index contributed by atoms with van der Waals surface area (Å²) in [6.45, 7) is 4.95. The van der Waals surface area contributed by atoms with E-state index in [1.807, 2.05) is 6.07 Å². The first-order valence-corrected chi connectivity index (χ1v) is 8.23. The zero-order chi connectivity index (χ0) is 16.1. The standard InChI is InChI=1S/C19H23N3O.2ClH/c1-14-2-4-16(5-3-14)17-10-18(13-21-12-17)19(23)22-9-7-15-6-8-20-11-15;;/h2-5,10,12-13,15,20H,6-9,11H2,1H3,(H,22,23);2*1H. The van der Waals surface area contributed by atoms with Gasteiger partial charge in [-0.3, -0.25) is 9.78 Å². The third-order valence-corrected chi connectivity index (χ3v) is 4.39. The maximum absolute atomic E-state index is 12.3. The Balaban J connectivity index is 0.00000156. The number of amides is 1. The number of rotatable bonds is 5. The van der Waals surface area contributed by atoms with Gasteiger partial charge < -0.3 is 10.6 Å². The average Bonchev–Trinajstić information content (AvgIpc) is 3.09. The van der Waals surface area contributed by atoms with Crippen molar-refractivity contribution in [3.8, 4) is 11.1 Å². The molecule has 1 atom stereocenters. The van der Waals surface area contributed by atoms with Crippen molar-refractivity contribution in [2.75, 3.05) is 19.6 Å². The highest BCUT2D eigenvalue weighted by Crippen LogP contribution is 2.20. The maximum Gasteiger partial charge on any atom is 0.252 e. The summed E-state index contributed by atoms with van der Waals surface area (Å²) in [5.41, 5.74) is 3.89. The van der Waals surface area contributed by atoms with Gasteiger partial charge >= 0.3 is 0 Å². The molecule has 3 rings (SSSR count). The first kappa shape index (κ1) is 21.4. The number of nitrogens with one attached hydrogen (secondary N) is 2. The molecule has 1 aromatic heterocycles. The lowest BCUT2D eigenvalue weighted by molar-refractivity contribution is 0.0951. The number of hydrogen-bond acceptors (Lipinski definition) is 3. The van der Waals surface area contributed by atoms with Crippen molar-refractivity contribution in [2.24, 2.45) is 5.92 Å². The van der Waals surface area contributed by atoms with Crippen LogP contribution in [-0.2, 0) is 0 Å². The highest BCUT2D eigenvalue weighted by Gasteiger charge is 2.14. The summed E-state index contributed by atoms with van der Waals surface area (Å²) in [6.07, 6.45) is 5.67. The molecule has 1 aliphatic heterocycles. The lowest BCUT2D eigenvalue weighted by Crippen LogP contribution is -2.26. The molecule has 6 heteroatoms. The fourth-order valence-corrected chi connectivity index (χ4v) is 2.92. The highest BCUT2D eigenvalue weighted by molar-refractivity contribution is 5.95. The van der Waals surface area contributed by atoms with Crippen LogP contribution < -0.4 is 10.6 Å². The first-order valence-electron chi connectivity index (χ1n) is 8.23. The van der Waals surface area contributed by atoms with Gasteiger partial charge in [-0.05, 0) is 50.4 Å². The summed E-state index contributed by atoms with van der Waals surface area (Å²) < 4.78 is 0. The number of carbonyl (C=O) groups excluding carboxylic acids is 1. The molecular weight excluding hydrogens is 357 g/mol. The van der Waals surface area contributed by atoms with Crippen LogP contribution in [0.4, 0.5) is 0 Å². The summed E-state index contributed by atoms with van der Waals surface area (Å²) in [7, 11) is 0. The molecule has 1 amide bonds. The molecule has 0 saturated carbocycles. The van der Waals surface area contributed by atoms with E-state index in [0.29, 0.717) is 11.5 Å². The monoisotopic (exact) mass is 381 g/mol. The van der Waals surface area contributed by atoms with Crippen LogP contribution in [-0.4, -0.2) is 30.5 Å². The quantitative estimate of drug-likeness (QED) is 0.831. The Bertz CT molecular complexity index is 671. The topological polar surface area (TPSA) is 54.0 Å². The number of carbonyl (C=O) groups is 1. The second-order valence-electron chi connectivity index (χ2n) is 6.23. The predicted octanol–water partition coefficient (Wildman–Crippen LogP) is 3.63. The Morgan fingerprint density at radius 1 is 1.20 bits per heavy atom. The minimum Gasteiger partial charge on any atom is -0.352 e. The summed E-state index contributed by atoms with van der Waals surface area (Å²) >= 11 is 0. The molecule has 1 saturated heterocycles. The fourth-order valence-electron chi connectivity index (χ4n) is 2.92. The summed E-state index contributed by atoms with van der Waals surface area (Å²) in [6, 6.07) is 10.2. The van der Waals surface area contributed by atoms with Gasteiger partial charge in [0.1, 0.15) is 0 Å².